The van der Waals surface area contributed by atoms with E-state index < -0.39 is 129 Å². The first-order valence-corrected chi connectivity index (χ1v) is 23.8. The number of carbonyl (C=O) groups excluding carboxylic acids is 1. The van der Waals surface area contributed by atoms with E-state index in [-0.39, 0.29) is 71.8 Å². The van der Waals surface area contributed by atoms with Crippen molar-refractivity contribution in [1.82, 2.24) is 0 Å². The predicted octanol–water partition coefficient (Wildman–Crippen LogP) is -2.60. The molecule has 0 aromatic carbocycles. The molecule has 8 rings (SSSR count). The number of ketones is 1. The molecule has 0 aromatic rings. The lowest BCUT2D eigenvalue weighted by Crippen LogP contribution is -2.65. The number of aliphatic hydroxyl groups is 12. The maximum absolute atomic E-state index is 14.7. The first-order valence-electron chi connectivity index (χ1n) is 23.8. The van der Waals surface area contributed by atoms with Crippen molar-refractivity contribution in [3.05, 3.63) is 0 Å². The Labute approximate surface area is 378 Å². The minimum atomic E-state index is -1.78. The molecule has 0 spiro atoms. The van der Waals surface area contributed by atoms with Gasteiger partial charge >= 0.3 is 0 Å². The van der Waals surface area contributed by atoms with Gasteiger partial charge in [-0.05, 0) is 80.0 Å². The molecule has 8 aliphatic rings. The van der Waals surface area contributed by atoms with Crippen LogP contribution in [0.2, 0.25) is 0 Å². The molecule has 0 aromatic heterocycles. The van der Waals surface area contributed by atoms with Crippen LogP contribution >= 0.6 is 0 Å². The Balaban J connectivity index is 0.887. The molecular formula is C45H74O20. The smallest absolute Gasteiger partial charge is 0.187 e. The fourth-order valence-electron chi connectivity index (χ4n) is 13.8. The number of hydrogen-bond acceptors (Lipinski definition) is 20. The Morgan fingerprint density at radius 1 is 0.708 bits per heavy atom. The van der Waals surface area contributed by atoms with Gasteiger partial charge in [-0.2, -0.15) is 0 Å². The monoisotopic (exact) mass is 934 g/mol. The molecule has 4 saturated heterocycles. The molecule has 4 saturated carbocycles. The standard InChI is InChI=1S/C45H74O20/c1-18(17-59-40-37(56)34(53)31(50)26(14-46)61-40)7-10-45(58)19(2)30-25(65-45)12-24-22-6-5-20-11-21(8-9-43(20,3)23(22)13-29(49)44(24,30)4)60-42-39(36(55)33(52)28(16-48)63-42)64-41-38(57)35(54)32(51)27(15-47)62-41/h18-28,30-42,46-48,50-58H,5-17H2,1-4H3/t18-,19-,20-,21-,22+,23-,24-,25-,26+,27+,28+,30-,31+,32+,33-,34-,35-,36-,37+,38+,39+,40+,41-,42+,43-,44+,45+/m0/s1. The summed E-state index contributed by atoms with van der Waals surface area (Å²) >= 11 is 0. The third-order valence-electron chi connectivity index (χ3n) is 17.9. The molecular weight excluding hydrogens is 860 g/mol. The largest absolute Gasteiger partial charge is 0.394 e. The van der Waals surface area contributed by atoms with Gasteiger partial charge < -0.3 is 94.4 Å². The Morgan fingerprint density at radius 3 is 1.92 bits per heavy atom. The van der Waals surface area contributed by atoms with E-state index in [1.807, 2.05) is 13.8 Å². The Kier molecular flexibility index (Phi) is 14.9. The maximum atomic E-state index is 14.7. The zero-order valence-electron chi connectivity index (χ0n) is 37.7. The van der Waals surface area contributed by atoms with Crippen LogP contribution in [0.25, 0.3) is 0 Å². The summed E-state index contributed by atoms with van der Waals surface area (Å²) < 4.78 is 41.7. The van der Waals surface area contributed by atoms with E-state index in [1.54, 1.807) is 0 Å². The van der Waals surface area contributed by atoms with E-state index in [9.17, 15) is 66.1 Å². The highest BCUT2D eigenvalue weighted by Gasteiger charge is 2.71. The van der Waals surface area contributed by atoms with Gasteiger partial charge in [0.2, 0.25) is 0 Å². The Hall–Kier alpha value is -1.09. The molecule has 20 heteroatoms. The van der Waals surface area contributed by atoms with Crippen LogP contribution in [0.1, 0.15) is 85.5 Å². The van der Waals surface area contributed by atoms with E-state index in [2.05, 4.69) is 13.8 Å². The molecule has 27 atom stereocenters. The number of fused-ring (bicyclic) bond motifs is 7. The van der Waals surface area contributed by atoms with Crippen LogP contribution in [-0.2, 0) is 38.0 Å². The van der Waals surface area contributed by atoms with Crippen molar-refractivity contribution in [2.45, 2.75) is 196 Å². The van der Waals surface area contributed by atoms with Crippen LogP contribution in [0.15, 0.2) is 0 Å². The number of ether oxygens (including phenoxy) is 7. The number of hydrogen-bond donors (Lipinski definition) is 12. The summed E-state index contributed by atoms with van der Waals surface area (Å²) in [6.45, 7) is 6.47. The van der Waals surface area contributed by atoms with Gasteiger partial charge in [0.15, 0.2) is 24.7 Å². The van der Waals surface area contributed by atoms with Crippen LogP contribution in [0.4, 0.5) is 0 Å². The summed E-state index contributed by atoms with van der Waals surface area (Å²) in [5.74, 6) is -1.26. The van der Waals surface area contributed by atoms with Crippen LogP contribution in [0, 0.1) is 52.3 Å². The molecule has 0 radical (unpaired) electrons. The highest BCUT2D eigenvalue weighted by Crippen LogP contribution is 2.70. The third-order valence-corrected chi connectivity index (χ3v) is 17.9. The van der Waals surface area contributed by atoms with E-state index in [0.717, 1.165) is 19.3 Å². The van der Waals surface area contributed by atoms with Crippen LogP contribution in [-0.4, -0.2) is 204 Å². The molecule has 4 aliphatic carbocycles. The lowest BCUT2D eigenvalue weighted by Gasteiger charge is -2.60. The van der Waals surface area contributed by atoms with E-state index in [4.69, 9.17) is 33.2 Å². The molecule has 374 valence electrons. The molecule has 12 N–H and O–H groups in total. The minimum Gasteiger partial charge on any atom is -0.394 e. The van der Waals surface area contributed by atoms with Crippen LogP contribution in [0.5, 0.6) is 0 Å². The molecule has 0 bridgehead atoms. The second-order valence-electron chi connectivity index (χ2n) is 21.3. The Bertz CT molecular complexity index is 1640. The van der Waals surface area contributed by atoms with Gasteiger partial charge in [0, 0.05) is 30.1 Å². The van der Waals surface area contributed by atoms with Crippen molar-refractivity contribution in [1.29, 1.82) is 0 Å². The van der Waals surface area contributed by atoms with Crippen molar-refractivity contribution in [3.8, 4) is 0 Å². The van der Waals surface area contributed by atoms with Gasteiger partial charge in [-0.3, -0.25) is 4.79 Å². The molecule has 0 amide bonds. The number of rotatable bonds is 13. The zero-order chi connectivity index (χ0) is 47.1. The van der Waals surface area contributed by atoms with E-state index in [0.29, 0.717) is 32.1 Å². The third kappa shape index (κ3) is 8.69. The zero-order valence-corrected chi connectivity index (χ0v) is 37.7. The summed E-state index contributed by atoms with van der Waals surface area (Å²) in [5.41, 5.74) is -0.874. The lowest BCUT2D eigenvalue weighted by atomic mass is 9.44. The Morgan fingerprint density at radius 2 is 1.29 bits per heavy atom. The number of Topliss-reactive ketones (excluding diaryl/α,β-unsaturated/α-hetero) is 1. The molecule has 4 aliphatic heterocycles. The normalized spacial score (nSPS) is 55.0. The molecule has 65 heavy (non-hydrogen) atoms. The summed E-state index contributed by atoms with van der Waals surface area (Å²) in [6.07, 6.45) is -17.4. The second kappa shape index (κ2) is 19.3. The minimum absolute atomic E-state index is 0.0765. The highest BCUT2D eigenvalue weighted by atomic mass is 16.8. The molecule has 20 nitrogen and oxygen atoms in total. The second-order valence-corrected chi connectivity index (χ2v) is 21.3. The lowest BCUT2D eigenvalue weighted by molar-refractivity contribution is -0.373. The summed E-state index contributed by atoms with van der Waals surface area (Å²) in [6, 6.07) is 0. The maximum Gasteiger partial charge on any atom is 0.187 e. The van der Waals surface area contributed by atoms with E-state index >= 15 is 0 Å². The fraction of sp³-hybridized carbons (Fsp3) is 0.978. The van der Waals surface area contributed by atoms with Crippen molar-refractivity contribution < 1.29 is 99.2 Å². The quantitative estimate of drug-likeness (QED) is 0.0843. The van der Waals surface area contributed by atoms with Crippen molar-refractivity contribution in [2.24, 2.45) is 52.3 Å². The van der Waals surface area contributed by atoms with Crippen LogP contribution < -0.4 is 0 Å². The summed E-state index contributed by atoms with van der Waals surface area (Å²) in [7, 11) is 0. The van der Waals surface area contributed by atoms with Gasteiger partial charge in [0.05, 0.1) is 38.6 Å². The van der Waals surface area contributed by atoms with Crippen LogP contribution in [0.3, 0.4) is 0 Å². The molecule has 4 heterocycles. The van der Waals surface area contributed by atoms with Gasteiger partial charge in [-0.25, -0.2) is 0 Å². The topological polar surface area (TPSA) is 324 Å². The average Bonchev–Trinajstić information content (AvgIpc) is 3.73. The fourth-order valence-corrected chi connectivity index (χ4v) is 13.8. The molecule has 0 unspecified atom stereocenters. The molecule has 8 fully saturated rings. The van der Waals surface area contributed by atoms with Gasteiger partial charge in [0.1, 0.15) is 79.0 Å². The predicted molar refractivity (Wildman–Crippen MR) is 219 cm³/mol. The highest BCUT2D eigenvalue weighted by molar-refractivity contribution is 5.87. The first-order chi connectivity index (χ1) is 30.7. The summed E-state index contributed by atoms with van der Waals surface area (Å²) in [4.78, 5) is 14.7. The SMILES string of the molecule is C[C@@H](CC[C@@]1(O)O[C@H]2C[C@H]3[C@@H]4CC[C@H]5C[C@@H](O[C@@H]6O[C@H](CO)[C@H](O)[C@H](O)[C@H]6O[C@@H]6O[C@H](CO)[C@@H](O)[C@H](O)[C@H]6O)CC[C@]5(C)[C@H]4CC(=O)[C@]3(C)[C@H]2[C@@H]1C)CO[C@@H]1O[C@H](CO)[C@@H](O)[C@H](O)[C@H]1O. The van der Waals surface area contributed by atoms with Crippen molar-refractivity contribution >= 4 is 5.78 Å². The van der Waals surface area contributed by atoms with E-state index in [1.165, 1.54) is 0 Å². The number of aliphatic hydroxyl groups excluding tert-OH is 11. The summed E-state index contributed by atoms with van der Waals surface area (Å²) in [5, 5.41) is 125. The first kappa shape index (κ1) is 50.3. The van der Waals surface area contributed by atoms with Crippen molar-refractivity contribution in [3.63, 3.8) is 0 Å². The number of carbonyl (C=O) groups is 1. The van der Waals surface area contributed by atoms with Gasteiger partial charge in [0.25, 0.3) is 0 Å². The van der Waals surface area contributed by atoms with Gasteiger partial charge in [-0.1, -0.05) is 27.7 Å². The van der Waals surface area contributed by atoms with Crippen molar-refractivity contribution in [2.75, 3.05) is 26.4 Å². The average molecular weight is 935 g/mol. The van der Waals surface area contributed by atoms with Gasteiger partial charge in [-0.15, -0.1) is 0 Å².